The molecule has 1 aromatic rings. The first-order valence-corrected chi connectivity index (χ1v) is 7.39. The molecule has 106 valence electrons. The predicted molar refractivity (Wildman–Crippen MR) is 76.6 cm³/mol. The van der Waals surface area contributed by atoms with Crippen molar-refractivity contribution in [3.05, 3.63) is 24.0 Å². The number of H-pyrrole nitrogens is 1. The minimum absolute atomic E-state index is 0.220. The molecule has 1 aliphatic carbocycles. The van der Waals surface area contributed by atoms with Gasteiger partial charge in [0, 0.05) is 30.8 Å². The van der Waals surface area contributed by atoms with E-state index in [1.165, 1.54) is 5.69 Å². The summed E-state index contributed by atoms with van der Waals surface area (Å²) in [5.74, 6) is 1.20. The summed E-state index contributed by atoms with van der Waals surface area (Å²) in [5.41, 5.74) is 6.76. The fraction of sp³-hybridized carbons (Fsp3) is 0.667. The van der Waals surface area contributed by atoms with Gasteiger partial charge in [0.25, 0.3) is 0 Å². The summed E-state index contributed by atoms with van der Waals surface area (Å²) in [7, 11) is 0. The first-order valence-electron chi connectivity index (χ1n) is 7.39. The summed E-state index contributed by atoms with van der Waals surface area (Å²) < 4.78 is 0. The van der Waals surface area contributed by atoms with E-state index in [2.05, 4.69) is 10.3 Å². The van der Waals surface area contributed by atoms with E-state index in [4.69, 9.17) is 5.73 Å². The van der Waals surface area contributed by atoms with Gasteiger partial charge in [-0.05, 0) is 56.7 Å². The molecule has 0 spiro atoms. The Balaban J connectivity index is 1.64. The summed E-state index contributed by atoms with van der Waals surface area (Å²) in [6, 6.07) is 4.03. The second-order valence-electron chi connectivity index (χ2n) is 5.53. The van der Waals surface area contributed by atoms with E-state index in [0.29, 0.717) is 0 Å². The van der Waals surface area contributed by atoms with Crippen molar-refractivity contribution in [3.8, 4) is 0 Å². The molecule has 4 N–H and O–H groups in total. The molecule has 1 saturated carbocycles. The molecule has 4 heteroatoms. The van der Waals surface area contributed by atoms with Gasteiger partial charge in [-0.1, -0.05) is 0 Å². The Labute approximate surface area is 115 Å². The van der Waals surface area contributed by atoms with Gasteiger partial charge in [-0.2, -0.15) is 0 Å². The molecular formula is C15H25N3O. The van der Waals surface area contributed by atoms with Crippen LogP contribution in [-0.4, -0.2) is 24.0 Å². The largest absolute Gasteiger partial charge is 0.365 e. The molecule has 0 aromatic carbocycles. The highest BCUT2D eigenvalue weighted by Crippen LogP contribution is 2.30. The van der Waals surface area contributed by atoms with Crippen molar-refractivity contribution in [2.45, 2.75) is 38.5 Å². The lowest BCUT2D eigenvalue weighted by molar-refractivity contribution is -0.126. The zero-order valence-electron chi connectivity index (χ0n) is 11.5. The van der Waals surface area contributed by atoms with Crippen molar-refractivity contribution in [2.75, 3.05) is 13.1 Å². The van der Waals surface area contributed by atoms with Gasteiger partial charge in [0.05, 0.1) is 0 Å². The van der Waals surface area contributed by atoms with Crippen LogP contribution in [0.1, 0.15) is 37.8 Å². The van der Waals surface area contributed by atoms with Crippen LogP contribution in [0.5, 0.6) is 0 Å². The van der Waals surface area contributed by atoms with Gasteiger partial charge < -0.3 is 16.0 Å². The topological polar surface area (TPSA) is 70.9 Å². The number of aromatic amines is 1. The number of rotatable bonds is 6. The first-order chi connectivity index (χ1) is 9.29. The highest BCUT2D eigenvalue weighted by atomic mass is 16.1. The van der Waals surface area contributed by atoms with E-state index in [-0.39, 0.29) is 11.8 Å². The van der Waals surface area contributed by atoms with Crippen LogP contribution in [0.2, 0.25) is 0 Å². The molecule has 0 saturated heterocycles. The SMILES string of the molecule is NCCC1CCC(C(=O)NCCc2ccc[nH]2)CC1. The van der Waals surface area contributed by atoms with Crippen LogP contribution in [0.3, 0.4) is 0 Å². The summed E-state index contributed by atoms with van der Waals surface area (Å²) in [6.45, 7) is 1.50. The van der Waals surface area contributed by atoms with Crippen LogP contribution in [0, 0.1) is 11.8 Å². The smallest absolute Gasteiger partial charge is 0.223 e. The summed E-state index contributed by atoms with van der Waals surface area (Å²) in [4.78, 5) is 15.2. The summed E-state index contributed by atoms with van der Waals surface area (Å²) >= 11 is 0. The summed E-state index contributed by atoms with van der Waals surface area (Å²) in [6.07, 6.45) is 8.27. The highest BCUT2D eigenvalue weighted by Gasteiger charge is 2.25. The van der Waals surface area contributed by atoms with Gasteiger partial charge in [0.1, 0.15) is 0 Å². The second kappa shape index (κ2) is 7.34. The third-order valence-electron chi connectivity index (χ3n) is 4.15. The van der Waals surface area contributed by atoms with Gasteiger partial charge in [0.2, 0.25) is 5.91 Å². The van der Waals surface area contributed by atoms with Crippen LogP contribution >= 0.6 is 0 Å². The van der Waals surface area contributed by atoms with Crippen LogP contribution in [0.15, 0.2) is 18.3 Å². The number of hydrogen-bond acceptors (Lipinski definition) is 2. The number of aromatic nitrogens is 1. The minimum Gasteiger partial charge on any atom is -0.365 e. The first kappa shape index (κ1) is 14.1. The Morgan fingerprint density at radius 1 is 1.37 bits per heavy atom. The Kier molecular flexibility index (Phi) is 5.45. The Hall–Kier alpha value is -1.29. The number of nitrogens with one attached hydrogen (secondary N) is 2. The van der Waals surface area contributed by atoms with Crippen LogP contribution in [0.25, 0.3) is 0 Å². The van der Waals surface area contributed by atoms with Gasteiger partial charge in [0.15, 0.2) is 0 Å². The molecule has 2 rings (SSSR count). The molecule has 0 atom stereocenters. The van der Waals surface area contributed by atoms with Crippen molar-refractivity contribution in [3.63, 3.8) is 0 Å². The minimum atomic E-state index is 0.220. The quantitative estimate of drug-likeness (QED) is 0.732. The van der Waals surface area contributed by atoms with Crippen molar-refractivity contribution in [1.82, 2.24) is 10.3 Å². The van der Waals surface area contributed by atoms with E-state index >= 15 is 0 Å². The predicted octanol–water partition coefficient (Wildman–Crippen LogP) is 1.83. The lowest BCUT2D eigenvalue weighted by Crippen LogP contribution is -2.34. The van der Waals surface area contributed by atoms with Gasteiger partial charge in [-0.25, -0.2) is 0 Å². The Morgan fingerprint density at radius 2 is 2.16 bits per heavy atom. The van der Waals surface area contributed by atoms with E-state index in [1.807, 2.05) is 18.3 Å². The molecule has 0 bridgehead atoms. The van der Waals surface area contributed by atoms with E-state index < -0.39 is 0 Å². The molecule has 0 unspecified atom stereocenters. The van der Waals surface area contributed by atoms with Crippen LogP contribution in [-0.2, 0) is 11.2 Å². The number of amides is 1. The van der Waals surface area contributed by atoms with E-state index in [0.717, 1.165) is 57.5 Å². The molecule has 1 heterocycles. The molecular weight excluding hydrogens is 238 g/mol. The van der Waals surface area contributed by atoms with Crippen molar-refractivity contribution in [1.29, 1.82) is 0 Å². The molecule has 1 aliphatic rings. The number of nitrogens with two attached hydrogens (primary N) is 1. The fourth-order valence-electron chi connectivity index (χ4n) is 2.94. The third-order valence-corrected chi connectivity index (χ3v) is 4.15. The van der Waals surface area contributed by atoms with Crippen molar-refractivity contribution < 1.29 is 4.79 Å². The molecule has 19 heavy (non-hydrogen) atoms. The zero-order valence-corrected chi connectivity index (χ0v) is 11.5. The molecule has 1 amide bonds. The number of carbonyl (C=O) groups excluding carboxylic acids is 1. The maximum atomic E-state index is 12.0. The average molecular weight is 263 g/mol. The van der Waals surface area contributed by atoms with Crippen molar-refractivity contribution >= 4 is 5.91 Å². The lowest BCUT2D eigenvalue weighted by Gasteiger charge is -2.27. The van der Waals surface area contributed by atoms with Crippen LogP contribution < -0.4 is 11.1 Å². The number of carbonyl (C=O) groups is 1. The molecule has 4 nitrogen and oxygen atoms in total. The van der Waals surface area contributed by atoms with E-state index in [9.17, 15) is 4.79 Å². The third kappa shape index (κ3) is 4.39. The zero-order chi connectivity index (χ0) is 13.5. The molecule has 0 radical (unpaired) electrons. The van der Waals surface area contributed by atoms with E-state index in [1.54, 1.807) is 0 Å². The Morgan fingerprint density at radius 3 is 2.79 bits per heavy atom. The molecule has 1 fully saturated rings. The number of hydrogen-bond donors (Lipinski definition) is 3. The van der Waals surface area contributed by atoms with Crippen LogP contribution in [0.4, 0.5) is 0 Å². The summed E-state index contributed by atoms with van der Waals surface area (Å²) in [5, 5.41) is 3.05. The van der Waals surface area contributed by atoms with Crippen molar-refractivity contribution in [2.24, 2.45) is 17.6 Å². The maximum absolute atomic E-state index is 12.0. The highest BCUT2D eigenvalue weighted by molar-refractivity contribution is 5.78. The molecule has 1 aromatic heterocycles. The van der Waals surface area contributed by atoms with Gasteiger partial charge in [-0.15, -0.1) is 0 Å². The second-order valence-corrected chi connectivity index (χ2v) is 5.53. The van der Waals surface area contributed by atoms with Gasteiger partial charge >= 0.3 is 0 Å². The Bertz CT molecular complexity index is 367. The average Bonchev–Trinajstić information content (AvgIpc) is 2.93. The standard InChI is InChI=1S/C15H25N3O/c16-9-7-12-3-5-13(6-4-12)15(19)18-11-8-14-2-1-10-17-14/h1-2,10,12-13,17H,3-9,11,16H2,(H,18,19). The normalized spacial score (nSPS) is 23.2. The van der Waals surface area contributed by atoms with Gasteiger partial charge in [-0.3, -0.25) is 4.79 Å². The monoisotopic (exact) mass is 263 g/mol. The fourth-order valence-corrected chi connectivity index (χ4v) is 2.94. The lowest BCUT2D eigenvalue weighted by atomic mass is 9.80. The molecule has 0 aliphatic heterocycles. The maximum Gasteiger partial charge on any atom is 0.223 e.